The second-order valence-corrected chi connectivity index (χ2v) is 2.82. The molecule has 0 aliphatic carbocycles. The van der Waals surface area contributed by atoms with Crippen LogP contribution in [0.1, 0.15) is 5.69 Å². The van der Waals surface area contributed by atoms with Gasteiger partial charge in [-0.05, 0) is 12.1 Å². The Hall–Kier alpha value is -1.85. The van der Waals surface area contributed by atoms with Crippen molar-refractivity contribution >= 4 is 11.1 Å². The molecule has 0 radical (unpaired) electrons. The lowest BCUT2D eigenvalue weighted by Crippen LogP contribution is -2.20. The monoisotopic (exact) mass is 215 g/mol. The second-order valence-electron chi connectivity index (χ2n) is 2.82. The molecular formula is C9H4F3NO2. The number of hydrogen-bond donors (Lipinski definition) is 0. The molecule has 2 aromatic rings. The summed E-state index contributed by atoms with van der Waals surface area (Å²) in [5, 5.41) is 0. The fourth-order valence-electron chi connectivity index (χ4n) is 1.13. The van der Waals surface area contributed by atoms with Crippen LogP contribution in [-0.4, -0.2) is 4.98 Å². The Morgan fingerprint density at radius 3 is 2.53 bits per heavy atom. The first-order chi connectivity index (χ1) is 6.98. The van der Waals surface area contributed by atoms with Gasteiger partial charge in [-0.15, -0.1) is 0 Å². The maximum atomic E-state index is 12.3. The van der Waals surface area contributed by atoms with Gasteiger partial charge in [0.05, 0.1) is 0 Å². The topological polar surface area (TPSA) is 43.1 Å². The van der Waals surface area contributed by atoms with Gasteiger partial charge in [0.2, 0.25) is 5.69 Å². The standard InChI is InChI=1S/C9H4F3NO2/c10-9(11,12)7-8(14)15-6-4-2-1-3-5(6)13-7/h1-4H. The molecule has 1 aromatic carbocycles. The van der Waals surface area contributed by atoms with Crippen LogP contribution in [0.5, 0.6) is 0 Å². The number of nitrogens with zero attached hydrogens (tertiary/aromatic N) is 1. The molecule has 1 heterocycles. The van der Waals surface area contributed by atoms with Gasteiger partial charge in [0.25, 0.3) is 0 Å². The maximum Gasteiger partial charge on any atom is 0.440 e. The van der Waals surface area contributed by atoms with Crippen molar-refractivity contribution < 1.29 is 17.6 Å². The van der Waals surface area contributed by atoms with Crippen molar-refractivity contribution in [3.05, 3.63) is 40.4 Å². The van der Waals surface area contributed by atoms with Crippen LogP contribution >= 0.6 is 0 Å². The van der Waals surface area contributed by atoms with E-state index in [0.29, 0.717) is 0 Å². The van der Waals surface area contributed by atoms with E-state index in [1.807, 2.05) is 0 Å². The van der Waals surface area contributed by atoms with E-state index in [1.165, 1.54) is 18.2 Å². The molecule has 0 unspecified atom stereocenters. The third-order valence-corrected chi connectivity index (χ3v) is 1.76. The van der Waals surface area contributed by atoms with E-state index in [0.717, 1.165) is 0 Å². The van der Waals surface area contributed by atoms with Crippen molar-refractivity contribution in [1.29, 1.82) is 0 Å². The summed E-state index contributed by atoms with van der Waals surface area (Å²) in [5.74, 6) is 0. The molecule has 0 spiro atoms. The smallest absolute Gasteiger partial charge is 0.419 e. The first kappa shape index (κ1) is 9.70. The Balaban J connectivity index is 2.79. The summed E-state index contributed by atoms with van der Waals surface area (Å²) in [7, 11) is 0. The molecule has 0 bridgehead atoms. The van der Waals surface area contributed by atoms with Gasteiger partial charge in [-0.3, -0.25) is 0 Å². The molecule has 2 rings (SSSR count). The largest absolute Gasteiger partial charge is 0.440 e. The average Bonchev–Trinajstić information content (AvgIpc) is 2.15. The number of para-hydroxylation sites is 2. The lowest BCUT2D eigenvalue weighted by atomic mass is 10.3. The molecule has 0 saturated heterocycles. The fourth-order valence-corrected chi connectivity index (χ4v) is 1.13. The van der Waals surface area contributed by atoms with E-state index in [1.54, 1.807) is 6.07 Å². The molecule has 0 aliphatic heterocycles. The third-order valence-electron chi connectivity index (χ3n) is 1.76. The van der Waals surface area contributed by atoms with Gasteiger partial charge in [-0.1, -0.05) is 12.1 Å². The van der Waals surface area contributed by atoms with E-state index < -0.39 is 17.5 Å². The van der Waals surface area contributed by atoms with Crippen molar-refractivity contribution in [2.45, 2.75) is 6.18 Å². The summed E-state index contributed by atoms with van der Waals surface area (Å²) in [5.41, 5.74) is -2.96. The van der Waals surface area contributed by atoms with E-state index in [-0.39, 0.29) is 11.1 Å². The van der Waals surface area contributed by atoms with Crippen LogP contribution in [0.2, 0.25) is 0 Å². The minimum atomic E-state index is -4.79. The second kappa shape index (κ2) is 3.08. The number of hydrogen-bond acceptors (Lipinski definition) is 3. The van der Waals surface area contributed by atoms with Crippen LogP contribution in [0.3, 0.4) is 0 Å². The van der Waals surface area contributed by atoms with Gasteiger partial charge in [-0.25, -0.2) is 9.78 Å². The van der Waals surface area contributed by atoms with Crippen LogP contribution in [0.25, 0.3) is 11.1 Å². The first-order valence-electron chi connectivity index (χ1n) is 3.95. The van der Waals surface area contributed by atoms with E-state index in [4.69, 9.17) is 0 Å². The van der Waals surface area contributed by atoms with Crippen molar-refractivity contribution in [3.8, 4) is 0 Å². The van der Waals surface area contributed by atoms with Crippen LogP contribution in [-0.2, 0) is 6.18 Å². The molecule has 0 aliphatic rings. The number of fused-ring (bicyclic) bond motifs is 1. The van der Waals surface area contributed by atoms with Gasteiger partial charge in [0.1, 0.15) is 5.52 Å². The SMILES string of the molecule is O=c1oc2ccccc2nc1C(F)(F)F. The predicted molar refractivity (Wildman–Crippen MR) is 45.3 cm³/mol. The molecule has 0 saturated carbocycles. The number of alkyl halides is 3. The van der Waals surface area contributed by atoms with E-state index >= 15 is 0 Å². The molecular weight excluding hydrogens is 211 g/mol. The minimum Gasteiger partial charge on any atom is -0.419 e. The molecule has 1 aromatic heterocycles. The average molecular weight is 215 g/mol. The lowest BCUT2D eigenvalue weighted by Gasteiger charge is -2.03. The number of rotatable bonds is 0. The zero-order valence-electron chi connectivity index (χ0n) is 7.21. The molecule has 6 heteroatoms. The van der Waals surface area contributed by atoms with Crippen LogP contribution in [0, 0.1) is 0 Å². The normalized spacial score (nSPS) is 11.9. The molecule has 0 N–H and O–H groups in total. The first-order valence-corrected chi connectivity index (χ1v) is 3.95. The quantitative estimate of drug-likeness (QED) is 0.676. The number of halogens is 3. The predicted octanol–water partition coefficient (Wildman–Crippen LogP) is 2.21. The number of benzene rings is 1. The molecule has 0 fully saturated rings. The summed E-state index contributed by atoms with van der Waals surface area (Å²) in [6.07, 6.45) is -4.79. The maximum absolute atomic E-state index is 12.3. The Kier molecular flexibility index (Phi) is 1.99. The highest BCUT2D eigenvalue weighted by Crippen LogP contribution is 2.26. The molecule has 78 valence electrons. The van der Waals surface area contributed by atoms with E-state index in [9.17, 15) is 18.0 Å². The van der Waals surface area contributed by atoms with Crippen LogP contribution in [0.4, 0.5) is 13.2 Å². The third kappa shape index (κ3) is 1.70. The van der Waals surface area contributed by atoms with Crippen LogP contribution in [0.15, 0.2) is 33.5 Å². The van der Waals surface area contributed by atoms with Crippen molar-refractivity contribution in [1.82, 2.24) is 4.98 Å². The lowest BCUT2D eigenvalue weighted by molar-refractivity contribution is -0.143. The summed E-state index contributed by atoms with van der Waals surface area (Å²) in [6.45, 7) is 0. The van der Waals surface area contributed by atoms with Gasteiger partial charge in [0.15, 0.2) is 5.58 Å². The van der Waals surface area contributed by atoms with Gasteiger partial charge < -0.3 is 4.42 Å². The highest BCUT2D eigenvalue weighted by atomic mass is 19.4. The highest BCUT2D eigenvalue weighted by Gasteiger charge is 2.37. The Bertz CT molecular complexity index is 559. The molecule has 3 nitrogen and oxygen atoms in total. The van der Waals surface area contributed by atoms with E-state index in [2.05, 4.69) is 9.40 Å². The summed E-state index contributed by atoms with van der Waals surface area (Å²) < 4.78 is 41.2. The van der Waals surface area contributed by atoms with Crippen molar-refractivity contribution in [2.75, 3.05) is 0 Å². The van der Waals surface area contributed by atoms with Crippen LogP contribution < -0.4 is 5.63 Å². The molecule has 0 amide bonds. The Morgan fingerprint density at radius 1 is 1.20 bits per heavy atom. The van der Waals surface area contributed by atoms with Crippen molar-refractivity contribution in [2.24, 2.45) is 0 Å². The van der Waals surface area contributed by atoms with Gasteiger partial charge in [-0.2, -0.15) is 13.2 Å². The Morgan fingerprint density at radius 2 is 1.87 bits per heavy atom. The molecule has 15 heavy (non-hydrogen) atoms. The zero-order chi connectivity index (χ0) is 11.1. The zero-order valence-corrected chi connectivity index (χ0v) is 7.21. The summed E-state index contributed by atoms with van der Waals surface area (Å²) >= 11 is 0. The van der Waals surface area contributed by atoms with Gasteiger partial charge >= 0.3 is 11.8 Å². The highest BCUT2D eigenvalue weighted by molar-refractivity contribution is 5.71. The van der Waals surface area contributed by atoms with Gasteiger partial charge in [0, 0.05) is 0 Å². The summed E-state index contributed by atoms with van der Waals surface area (Å²) in [6, 6.07) is 5.77. The minimum absolute atomic E-state index is 0.00410. The summed E-state index contributed by atoms with van der Waals surface area (Å²) in [4.78, 5) is 14.1. The molecule has 0 atom stereocenters. The number of aromatic nitrogens is 1. The fraction of sp³-hybridized carbons (Fsp3) is 0.111. The van der Waals surface area contributed by atoms with Crippen molar-refractivity contribution in [3.63, 3.8) is 0 Å². The Labute approximate surface area is 81.2 Å².